The molecule has 0 amide bonds. The van der Waals surface area contributed by atoms with Crippen molar-refractivity contribution >= 4 is 23.1 Å². The summed E-state index contributed by atoms with van der Waals surface area (Å²) in [5.74, 6) is 1.26. The van der Waals surface area contributed by atoms with E-state index in [1.54, 1.807) is 0 Å². The maximum Gasteiger partial charge on any atom is 0.0885 e. The van der Waals surface area contributed by atoms with E-state index in [4.69, 9.17) is 0 Å². The van der Waals surface area contributed by atoms with Crippen LogP contribution in [0.2, 0.25) is 0 Å². The van der Waals surface area contributed by atoms with Gasteiger partial charge in [0.25, 0.3) is 0 Å². The zero-order valence-corrected chi connectivity index (χ0v) is 9.67. The Balaban J connectivity index is 2.03. The van der Waals surface area contributed by atoms with Gasteiger partial charge >= 0.3 is 0 Å². The molecule has 0 spiro atoms. The first-order valence-corrected chi connectivity index (χ1v) is 6.60. The molecule has 2 heterocycles. The van der Waals surface area contributed by atoms with E-state index in [2.05, 4.69) is 31.3 Å². The van der Waals surface area contributed by atoms with Crippen LogP contribution in [0.4, 0.5) is 0 Å². The number of hydrogen-bond acceptors (Lipinski definition) is 3. The third-order valence-corrected chi connectivity index (χ3v) is 4.90. The Morgan fingerprint density at radius 2 is 2.38 bits per heavy atom. The summed E-state index contributed by atoms with van der Waals surface area (Å²) in [5, 5.41) is 4.20. The highest BCUT2D eigenvalue weighted by Gasteiger charge is 2.24. The highest BCUT2D eigenvalue weighted by Crippen LogP contribution is 2.36. The summed E-state index contributed by atoms with van der Waals surface area (Å²) in [4.78, 5) is 2.90. The summed E-state index contributed by atoms with van der Waals surface area (Å²) in [6.45, 7) is 4.42. The molecule has 1 nitrogen and oxygen atoms in total. The average molecular weight is 213 g/mol. The molecule has 1 aromatic rings. The van der Waals surface area contributed by atoms with Gasteiger partial charge in [-0.2, -0.15) is 0 Å². The van der Waals surface area contributed by atoms with Crippen molar-refractivity contribution in [2.45, 2.75) is 31.7 Å². The van der Waals surface area contributed by atoms with E-state index in [9.17, 15) is 0 Å². The van der Waals surface area contributed by atoms with Crippen LogP contribution in [-0.2, 0) is 0 Å². The van der Waals surface area contributed by atoms with E-state index >= 15 is 0 Å². The van der Waals surface area contributed by atoms with Crippen LogP contribution >= 0.6 is 23.1 Å². The second-order valence-corrected chi connectivity index (χ2v) is 5.89. The van der Waals surface area contributed by atoms with Crippen molar-refractivity contribution in [2.75, 3.05) is 5.75 Å². The fourth-order valence-corrected chi connectivity index (χ4v) is 3.97. The van der Waals surface area contributed by atoms with E-state index in [1.165, 1.54) is 21.9 Å². The number of thiophene rings is 1. The van der Waals surface area contributed by atoms with Gasteiger partial charge < -0.3 is 0 Å². The summed E-state index contributed by atoms with van der Waals surface area (Å²) in [6.07, 6.45) is 1.24. The standard InChI is InChI=1S/C10H15NS2/c1-3-8-6-12-10(11-8)9-5-4-7(2)13-9/h4-5,8,10-11H,3,6H2,1-2H3. The van der Waals surface area contributed by atoms with Crippen molar-refractivity contribution in [3.8, 4) is 0 Å². The molecule has 0 aliphatic carbocycles. The van der Waals surface area contributed by atoms with Crippen LogP contribution in [0.25, 0.3) is 0 Å². The fourth-order valence-electron chi connectivity index (χ4n) is 1.52. The Morgan fingerprint density at radius 3 is 2.92 bits per heavy atom. The van der Waals surface area contributed by atoms with Crippen LogP contribution in [0.15, 0.2) is 12.1 Å². The highest BCUT2D eigenvalue weighted by molar-refractivity contribution is 7.99. The summed E-state index contributed by atoms with van der Waals surface area (Å²) in [5.41, 5.74) is 0. The lowest BCUT2D eigenvalue weighted by molar-refractivity contribution is 0.564. The first kappa shape index (κ1) is 9.56. The largest absolute Gasteiger partial charge is 0.297 e. The zero-order valence-electron chi connectivity index (χ0n) is 8.04. The predicted octanol–water partition coefficient (Wildman–Crippen LogP) is 3.17. The molecular formula is C10H15NS2. The molecule has 13 heavy (non-hydrogen) atoms. The van der Waals surface area contributed by atoms with Crippen LogP contribution in [0.1, 0.15) is 28.5 Å². The highest BCUT2D eigenvalue weighted by atomic mass is 32.2. The number of aryl methyl sites for hydroxylation is 1. The summed E-state index contributed by atoms with van der Waals surface area (Å²) < 4.78 is 0. The third kappa shape index (κ3) is 2.09. The molecule has 0 aromatic carbocycles. The zero-order chi connectivity index (χ0) is 9.26. The molecule has 1 aromatic heterocycles. The molecule has 72 valence electrons. The van der Waals surface area contributed by atoms with E-state index in [-0.39, 0.29) is 0 Å². The molecular weight excluding hydrogens is 198 g/mol. The Labute approximate surface area is 87.9 Å². The number of hydrogen-bond donors (Lipinski definition) is 1. The summed E-state index contributed by atoms with van der Waals surface area (Å²) >= 11 is 3.95. The normalized spacial score (nSPS) is 28.2. The molecule has 1 saturated heterocycles. The number of thioether (sulfide) groups is 1. The molecule has 1 aliphatic heterocycles. The third-order valence-electron chi connectivity index (χ3n) is 2.36. The molecule has 3 heteroatoms. The number of rotatable bonds is 2. The monoisotopic (exact) mass is 213 g/mol. The van der Waals surface area contributed by atoms with Crippen LogP contribution < -0.4 is 5.32 Å². The van der Waals surface area contributed by atoms with Gasteiger partial charge in [0.1, 0.15) is 0 Å². The maximum absolute atomic E-state index is 3.64. The Hall–Kier alpha value is 0.01000. The molecule has 0 radical (unpaired) electrons. The van der Waals surface area contributed by atoms with Gasteiger partial charge in [-0.15, -0.1) is 23.1 Å². The maximum atomic E-state index is 3.64. The van der Waals surface area contributed by atoms with Crippen molar-refractivity contribution in [2.24, 2.45) is 0 Å². The van der Waals surface area contributed by atoms with Crippen molar-refractivity contribution in [1.82, 2.24) is 5.32 Å². The van der Waals surface area contributed by atoms with Gasteiger partial charge in [-0.3, -0.25) is 5.32 Å². The van der Waals surface area contributed by atoms with E-state index < -0.39 is 0 Å². The molecule has 0 bridgehead atoms. The lowest BCUT2D eigenvalue weighted by Gasteiger charge is -2.09. The Kier molecular flexibility index (Phi) is 2.96. The Bertz CT molecular complexity index is 282. The van der Waals surface area contributed by atoms with Gasteiger partial charge in [-0.1, -0.05) is 6.92 Å². The quantitative estimate of drug-likeness (QED) is 0.810. The van der Waals surface area contributed by atoms with Crippen LogP contribution in [-0.4, -0.2) is 11.8 Å². The molecule has 1 fully saturated rings. The van der Waals surface area contributed by atoms with E-state index in [0.717, 1.165) is 6.04 Å². The van der Waals surface area contributed by atoms with Gasteiger partial charge in [0.15, 0.2) is 0 Å². The number of nitrogens with one attached hydrogen (secondary N) is 1. The fraction of sp³-hybridized carbons (Fsp3) is 0.600. The van der Waals surface area contributed by atoms with Gasteiger partial charge in [0.05, 0.1) is 5.37 Å². The molecule has 2 rings (SSSR count). The van der Waals surface area contributed by atoms with Gasteiger partial charge in [-0.05, 0) is 25.5 Å². The van der Waals surface area contributed by atoms with E-state index in [0.29, 0.717) is 5.37 Å². The van der Waals surface area contributed by atoms with Crippen molar-refractivity contribution in [1.29, 1.82) is 0 Å². The molecule has 2 unspecified atom stereocenters. The minimum Gasteiger partial charge on any atom is -0.297 e. The smallest absolute Gasteiger partial charge is 0.0885 e. The van der Waals surface area contributed by atoms with Crippen LogP contribution in [0, 0.1) is 6.92 Å². The van der Waals surface area contributed by atoms with Gasteiger partial charge in [-0.25, -0.2) is 0 Å². The van der Waals surface area contributed by atoms with Gasteiger partial charge in [0, 0.05) is 21.5 Å². The first-order valence-electron chi connectivity index (χ1n) is 4.73. The molecule has 1 aliphatic rings. The lowest BCUT2D eigenvalue weighted by atomic mass is 10.2. The SMILES string of the molecule is CCC1CSC(c2ccc(C)s2)N1. The molecule has 1 N–H and O–H groups in total. The molecule has 0 saturated carbocycles. The molecule has 2 atom stereocenters. The van der Waals surface area contributed by atoms with Crippen LogP contribution in [0.5, 0.6) is 0 Å². The second kappa shape index (κ2) is 4.03. The Morgan fingerprint density at radius 1 is 1.54 bits per heavy atom. The predicted molar refractivity (Wildman–Crippen MR) is 61.5 cm³/mol. The lowest BCUT2D eigenvalue weighted by Crippen LogP contribution is -2.24. The van der Waals surface area contributed by atoms with Gasteiger partial charge in [0.2, 0.25) is 0 Å². The van der Waals surface area contributed by atoms with Crippen molar-refractivity contribution in [3.05, 3.63) is 21.9 Å². The topological polar surface area (TPSA) is 12.0 Å². The minimum absolute atomic E-state index is 0.559. The first-order chi connectivity index (χ1) is 6.29. The van der Waals surface area contributed by atoms with Crippen LogP contribution in [0.3, 0.4) is 0 Å². The minimum atomic E-state index is 0.559. The van der Waals surface area contributed by atoms with Crippen molar-refractivity contribution < 1.29 is 0 Å². The summed E-state index contributed by atoms with van der Waals surface area (Å²) in [7, 11) is 0. The second-order valence-electron chi connectivity index (χ2n) is 3.43. The average Bonchev–Trinajstić information content (AvgIpc) is 2.71. The van der Waals surface area contributed by atoms with E-state index in [1.807, 2.05) is 23.1 Å². The summed E-state index contributed by atoms with van der Waals surface area (Å²) in [6, 6.07) is 5.18. The van der Waals surface area contributed by atoms with Crippen molar-refractivity contribution in [3.63, 3.8) is 0 Å².